The van der Waals surface area contributed by atoms with Gasteiger partial charge >= 0.3 is 5.97 Å². The molecular weight excluding hydrogens is 206 g/mol. The molecule has 1 unspecified atom stereocenters. The number of fused-ring (bicyclic) bond motifs is 1. The summed E-state index contributed by atoms with van der Waals surface area (Å²) in [6.07, 6.45) is 5.39. The van der Waals surface area contributed by atoms with Gasteiger partial charge in [-0.3, -0.25) is 4.99 Å². The molecule has 2 aliphatic rings. The smallest absolute Gasteiger partial charge is 0.356 e. The van der Waals surface area contributed by atoms with Gasteiger partial charge in [-0.2, -0.15) is 0 Å². The molecule has 5 heteroatoms. The second-order valence-electron chi connectivity index (χ2n) is 3.97. The predicted molar refractivity (Wildman–Crippen MR) is 61.0 cm³/mol. The lowest BCUT2D eigenvalue weighted by atomic mass is 10.0. The molecule has 0 N–H and O–H groups in total. The van der Waals surface area contributed by atoms with Crippen LogP contribution in [0.4, 0.5) is 0 Å². The molecule has 2 heterocycles. The summed E-state index contributed by atoms with van der Waals surface area (Å²) in [5.74, 6) is -0.351. The highest BCUT2D eigenvalue weighted by Gasteiger charge is 2.30. The van der Waals surface area contributed by atoms with E-state index >= 15 is 0 Å². The van der Waals surface area contributed by atoms with Gasteiger partial charge in [0.05, 0.1) is 7.11 Å². The van der Waals surface area contributed by atoms with Gasteiger partial charge in [0, 0.05) is 6.21 Å². The topological polar surface area (TPSA) is 54.0 Å². The maximum Gasteiger partial charge on any atom is 0.356 e. The van der Waals surface area contributed by atoms with Gasteiger partial charge in [-0.1, -0.05) is 4.68 Å². The second kappa shape index (κ2) is 4.00. The molecule has 0 fully saturated rings. The number of carbonyl (C=O) groups is 1. The van der Waals surface area contributed by atoms with Gasteiger partial charge in [-0.15, -0.1) is 0 Å². The van der Waals surface area contributed by atoms with Gasteiger partial charge < -0.3 is 4.74 Å². The molecule has 1 atom stereocenters. The van der Waals surface area contributed by atoms with Crippen LogP contribution in [0.3, 0.4) is 0 Å². The molecule has 0 spiro atoms. The van der Waals surface area contributed by atoms with Crippen molar-refractivity contribution in [2.45, 2.75) is 19.9 Å². The number of ether oxygens (including phenoxy) is 1. The maximum absolute atomic E-state index is 11.3. The fourth-order valence-electron chi connectivity index (χ4n) is 1.56. The van der Waals surface area contributed by atoms with Crippen LogP contribution in [0.1, 0.15) is 13.8 Å². The van der Waals surface area contributed by atoms with E-state index in [0.29, 0.717) is 11.7 Å². The molecule has 0 amide bonds. The van der Waals surface area contributed by atoms with Crippen molar-refractivity contribution in [2.75, 3.05) is 7.11 Å². The first-order valence-corrected chi connectivity index (χ1v) is 5.18. The first-order chi connectivity index (χ1) is 7.61. The lowest BCUT2D eigenvalue weighted by molar-refractivity contribution is -0.557. The fourth-order valence-corrected chi connectivity index (χ4v) is 1.56. The van der Waals surface area contributed by atoms with Gasteiger partial charge in [0.2, 0.25) is 0 Å². The Bertz CT molecular complexity index is 444. The van der Waals surface area contributed by atoms with Crippen LogP contribution >= 0.6 is 0 Å². The summed E-state index contributed by atoms with van der Waals surface area (Å²) < 4.78 is 6.49. The number of hydrazone groups is 1. The molecule has 2 aliphatic heterocycles. The van der Waals surface area contributed by atoms with E-state index in [1.807, 2.05) is 10.9 Å². The normalized spacial score (nSPS) is 22.5. The molecule has 0 aromatic heterocycles. The van der Waals surface area contributed by atoms with Gasteiger partial charge in [0.1, 0.15) is 17.3 Å². The Morgan fingerprint density at radius 3 is 2.94 bits per heavy atom. The van der Waals surface area contributed by atoms with E-state index in [0.717, 1.165) is 5.71 Å². The zero-order chi connectivity index (χ0) is 11.7. The third-order valence-electron chi connectivity index (χ3n) is 2.47. The van der Waals surface area contributed by atoms with Crippen LogP contribution in [-0.4, -0.2) is 41.9 Å². The highest BCUT2D eigenvalue weighted by molar-refractivity contribution is 6.20. The Morgan fingerprint density at radius 2 is 2.31 bits per heavy atom. The first kappa shape index (κ1) is 10.7. The van der Waals surface area contributed by atoms with Gasteiger partial charge in [-0.05, 0) is 25.0 Å². The summed E-state index contributed by atoms with van der Waals surface area (Å²) >= 11 is 0. The number of methoxy groups -OCH3 is 1. The van der Waals surface area contributed by atoms with Crippen molar-refractivity contribution in [1.82, 2.24) is 0 Å². The van der Waals surface area contributed by atoms with Crippen molar-refractivity contribution in [3.05, 3.63) is 11.8 Å². The molecule has 2 rings (SSSR count). The Balaban J connectivity index is 2.26. The minimum Gasteiger partial charge on any atom is -0.464 e. The molecule has 0 aromatic rings. The highest BCUT2D eigenvalue weighted by Crippen LogP contribution is 2.15. The van der Waals surface area contributed by atoms with Crippen molar-refractivity contribution >= 4 is 24.1 Å². The number of nitrogens with zero attached hydrogens (tertiary/aromatic N) is 3. The summed E-state index contributed by atoms with van der Waals surface area (Å²) in [6.45, 7) is 4.11. The van der Waals surface area contributed by atoms with Gasteiger partial charge in [-0.25, -0.2) is 4.79 Å². The SMILES string of the molecule is COC(=O)C1=CC2=N[N+](C(C)C)=CC2C=N1. The van der Waals surface area contributed by atoms with Gasteiger partial charge in [0.15, 0.2) is 12.3 Å². The van der Waals surface area contributed by atoms with Crippen LogP contribution in [0, 0.1) is 5.92 Å². The van der Waals surface area contributed by atoms with E-state index in [9.17, 15) is 4.79 Å². The molecular formula is C11H14N3O2+. The molecule has 0 aromatic carbocycles. The maximum atomic E-state index is 11.3. The summed E-state index contributed by atoms with van der Waals surface area (Å²) in [4.78, 5) is 15.3. The van der Waals surface area contributed by atoms with Crippen molar-refractivity contribution in [2.24, 2.45) is 16.0 Å². The fraction of sp³-hybridized carbons (Fsp3) is 0.455. The lowest BCUT2D eigenvalue weighted by Crippen LogP contribution is -2.19. The first-order valence-electron chi connectivity index (χ1n) is 5.18. The predicted octanol–water partition coefficient (Wildman–Crippen LogP) is 0.605. The van der Waals surface area contributed by atoms with Crippen LogP contribution in [-0.2, 0) is 9.53 Å². The van der Waals surface area contributed by atoms with Crippen molar-refractivity contribution in [1.29, 1.82) is 0 Å². The Kier molecular flexibility index (Phi) is 2.68. The van der Waals surface area contributed by atoms with Gasteiger partial charge in [0.25, 0.3) is 0 Å². The second-order valence-corrected chi connectivity index (χ2v) is 3.97. The quantitative estimate of drug-likeness (QED) is 0.505. The summed E-state index contributed by atoms with van der Waals surface area (Å²) in [7, 11) is 1.34. The van der Waals surface area contributed by atoms with E-state index in [1.54, 1.807) is 12.3 Å². The average molecular weight is 220 g/mol. The van der Waals surface area contributed by atoms with Crippen LogP contribution in [0.5, 0.6) is 0 Å². The van der Waals surface area contributed by atoms with Crippen molar-refractivity contribution < 1.29 is 14.2 Å². The van der Waals surface area contributed by atoms with Crippen LogP contribution < -0.4 is 0 Å². The summed E-state index contributed by atoms with van der Waals surface area (Å²) in [5.41, 5.74) is 1.14. The number of hydrogen-bond donors (Lipinski definition) is 0. The van der Waals surface area contributed by atoms with Crippen LogP contribution in [0.2, 0.25) is 0 Å². The molecule has 0 saturated carbocycles. The summed E-state index contributed by atoms with van der Waals surface area (Å²) in [5, 5.41) is 4.40. The van der Waals surface area contributed by atoms with E-state index in [-0.39, 0.29) is 5.92 Å². The van der Waals surface area contributed by atoms with Crippen molar-refractivity contribution in [3.8, 4) is 0 Å². The van der Waals surface area contributed by atoms with E-state index < -0.39 is 5.97 Å². The largest absolute Gasteiger partial charge is 0.464 e. The monoisotopic (exact) mass is 220 g/mol. The number of hydrogen-bond acceptors (Lipinski definition) is 4. The number of allylic oxidation sites excluding steroid dienone is 1. The van der Waals surface area contributed by atoms with E-state index in [4.69, 9.17) is 0 Å². The number of esters is 1. The number of rotatable bonds is 2. The van der Waals surface area contributed by atoms with E-state index in [1.165, 1.54) is 7.11 Å². The molecule has 0 radical (unpaired) electrons. The molecule has 0 bridgehead atoms. The Labute approximate surface area is 93.8 Å². The zero-order valence-corrected chi connectivity index (χ0v) is 9.54. The lowest BCUT2D eigenvalue weighted by Gasteiger charge is -2.05. The average Bonchev–Trinajstić information content (AvgIpc) is 2.70. The standard InChI is InChI=1S/C11H14N3O2/c1-7(2)14-6-8-5-12-10(11(15)16-3)4-9(8)13-14/h4-8H,1-3H3/q+1. The number of aliphatic imine (C=N–C) groups is 1. The third-order valence-corrected chi connectivity index (χ3v) is 2.47. The van der Waals surface area contributed by atoms with Crippen LogP contribution in [0.25, 0.3) is 0 Å². The molecule has 0 aliphatic carbocycles. The number of carbonyl (C=O) groups excluding carboxylic acids is 1. The third kappa shape index (κ3) is 1.80. The minimum absolute atomic E-state index is 0.0795. The van der Waals surface area contributed by atoms with Crippen molar-refractivity contribution in [3.63, 3.8) is 0 Å². The summed E-state index contributed by atoms with van der Waals surface area (Å²) in [6, 6.07) is 0.307. The Hall–Kier alpha value is -1.78. The minimum atomic E-state index is -0.430. The Morgan fingerprint density at radius 1 is 1.56 bits per heavy atom. The molecule has 16 heavy (non-hydrogen) atoms. The van der Waals surface area contributed by atoms with Crippen LogP contribution in [0.15, 0.2) is 21.9 Å². The molecule has 0 saturated heterocycles. The highest BCUT2D eigenvalue weighted by atomic mass is 16.5. The molecule has 84 valence electrons. The zero-order valence-electron chi connectivity index (χ0n) is 9.54. The molecule has 5 nitrogen and oxygen atoms in total. The van der Waals surface area contributed by atoms with E-state index in [2.05, 4.69) is 28.7 Å².